The van der Waals surface area contributed by atoms with Crippen LogP contribution in [0.2, 0.25) is 0 Å². The van der Waals surface area contributed by atoms with Crippen molar-refractivity contribution >= 4 is 11.5 Å². The SMILES string of the molecule is N#Cc1cc(N2CCC(=O)CC2)ccc1C(F)(F)F. The predicted molar refractivity (Wildman–Crippen MR) is 62.6 cm³/mol. The van der Waals surface area contributed by atoms with Crippen LogP contribution in [0.5, 0.6) is 0 Å². The summed E-state index contributed by atoms with van der Waals surface area (Å²) >= 11 is 0. The molecule has 0 saturated carbocycles. The number of anilines is 1. The van der Waals surface area contributed by atoms with Gasteiger partial charge in [0.15, 0.2) is 0 Å². The molecule has 19 heavy (non-hydrogen) atoms. The highest BCUT2D eigenvalue weighted by Gasteiger charge is 2.33. The molecule has 2 rings (SSSR count). The van der Waals surface area contributed by atoms with Crippen LogP contribution in [0.15, 0.2) is 18.2 Å². The van der Waals surface area contributed by atoms with Crippen LogP contribution < -0.4 is 4.90 Å². The Morgan fingerprint density at radius 3 is 2.37 bits per heavy atom. The standard InChI is InChI=1S/C13H11F3N2O/c14-13(15,16)12-2-1-10(7-9(12)8-17)18-5-3-11(19)4-6-18/h1-2,7H,3-6H2. The first-order valence-electron chi connectivity index (χ1n) is 5.80. The van der Waals surface area contributed by atoms with Gasteiger partial charge in [-0.25, -0.2) is 0 Å². The number of carbonyl (C=O) groups is 1. The minimum Gasteiger partial charge on any atom is -0.371 e. The van der Waals surface area contributed by atoms with Crippen molar-refractivity contribution in [2.45, 2.75) is 19.0 Å². The van der Waals surface area contributed by atoms with Crippen LogP contribution in [-0.2, 0) is 11.0 Å². The lowest BCUT2D eigenvalue weighted by Gasteiger charge is -2.28. The molecule has 0 amide bonds. The van der Waals surface area contributed by atoms with Crippen LogP contribution in [0.25, 0.3) is 0 Å². The van der Waals surface area contributed by atoms with E-state index in [9.17, 15) is 18.0 Å². The number of nitriles is 1. The molecule has 1 aliphatic heterocycles. The fraction of sp³-hybridized carbons (Fsp3) is 0.385. The number of piperidine rings is 1. The molecule has 0 bridgehead atoms. The van der Waals surface area contributed by atoms with Crippen LogP contribution in [0.3, 0.4) is 0 Å². The molecule has 1 aromatic rings. The number of ketones is 1. The average molecular weight is 268 g/mol. The van der Waals surface area contributed by atoms with Crippen LogP contribution in [-0.4, -0.2) is 18.9 Å². The Labute approximate surface area is 108 Å². The lowest BCUT2D eigenvalue weighted by Crippen LogP contribution is -2.33. The number of hydrogen-bond acceptors (Lipinski definition) is 3. The predicted octanol–water partition coefficient (Wildman–Crippen LogP) is 2.75. The van der Waals surface area contributed by atoms with Gasteiger partial charge in [0.1, 0.15) is 5.78 Å². The number of rotatable bonds is 1. The number of Topliss-reactive ketones (excluding diaryl/α,β-unsaturated/α-hetero) is 1. The molecule has 6 heteroatoms. The normalized spacial score (nSPS) is 16.3. The Morgan fingerprint density at radius 2 is 1.84 bits per heavy atom. The van der Waals surface area contributed by atoms with Crippen molar-refractivity contribution in [3.05, 3.63) is 29.3 Å². The van der Waals surface area contributed by atoms with E-state index in [4.69, 9.17) is 5.26 Å². The summed E-state index contributed by atoms with van der Waals surface area (Å²) in [5.41, 5.74) is -0.759. The van der Waals surface area contributed by atoms with Crippen LogP contribution in [0.1, 0.15) is 24.0 Å². The number of nitrogens with zero attached hydrogens (tertiary/aromatic N) is 2. The lowest BCUT2D eigenvalue weighted by molar-refractivity contribution is -0.137. The second-order valence-electron chi connectivity index (χ2n) is 4.37. The molecule has 3 nitrogen and oxygen atoms in total. The summed E-state index contributed by atoms with van der Waals surface area (Å²) in [6, 6.07) is 5.08. The maximum absolute atomic E-state index is 12.7. The molecule has 0 unspecified atom stereocenters. The van der Waals surface area contributed by atoms with Crippen LogP contribution in [0, 0.1) is 11.3 Å². The Morgan fingerprint density at radius 1 is 1.21 bits per heavy atom. The topological polar surface area (TPSA) is 44.1 Å². The lowest BCUT2D eigenvalue weighted by atomic mass is 10.0. The van der Waals surface area contributed by atoms with Gasteiger partial charge in [-0.2, -0.15) is 18.4 Å². The molecular weight excluding hydrogens is 257 g/mol. The summed E-state index contributed by atoms with van der Waals surface area (Å²) in [6.45, 7) is 0.962. The van der Waals surface area contributed by atoms with E-state index in [0.717, 1.165) is 6.07 Å². The van der Waals surface area contributed by atoms with Gasteiger partial charge in [0.2, 0.25) is 0 Å². The minimum absolute atomic E-state index is 0.156. The van der Waals surface area contributed by atoms with Crippen molar-refractivity contribution in [3.8, 4) is 6.07 Å². The van der Waals surface area contributed by atoms with Gasteiger partial charge >= 0.3 is 6.18 Å². The molecular formula is C13H11F3N2O. The number of carbonyl (C=O) groups excluding carboxylic acids is 1. The van der Waals surface area contributed by atoms with Gasteiger partial charge < -0.3 is 4.90 Å². The highest BCUT2D eigenvalue weighted by atomic mass is 19.4. The Bertz CT molecular complexity index is 536. The van der Waals surface area contributed by atoms with Gasteiger partial charge in [-0.05, 0) is 18.2 Å². The van der Waals surface area contributed by atoms with Gasteiger partial charge in [-0.3, -0.25) is 4.79 Å². The molecule has 0 aromatic heterocycles. The molecule has 1 saturated heterocycles. The van der Waals surface area contributed by atoms with E-state index in [1.165, 1.54) is 12.1 Å². The molecule has 0 atom stereocenters. The number of alkyl halides is 3. The van der Waals surface area contributed by atoms with E-state index in [0.29, 0.717) is 31.6 Å². The van der Waals surface area contributed by atoms with E-state index < -0.39 is 11.7 Å². The number of benzene rings is 1. The second kappa shape index (κ2) is 4.92. The fourth-order valence-electron chi connectivity index (χ4n) is 2.08. The molecule has 0 spiro atoms. The van der Waals surface area contributed by atoms with Gasteiger partial charge in [-0.1, -0.05) is 0 Å². The van der Waals surface area contributed by atoms with Crippen LogP contribution in [0.4, 0.5) is 18.9 Å². The van der Waals surface area contributed by atoms with Gasteiger partial charge in [0.05, 0.1) is 17.2 Å². The Hall–Kier alpha value is -2.03. The smallest absolute Gasteiger partial charge is 0.371 e. The van der Waals surface area contributed by atoms with E-state index in [1.807, 2.05) is 4.90 Å². The van der Waals surface area contributed by atoms with Gasteiger partial charge in [-0.15, -0.1) is 0 Å². The Balaban J connectivity index is 2.30. The molecule has 1 aliphatic rings. The van der Waals surface area contributed by atoms with E-state index in [-0.39, 0.29) is 11.3 Å². The Kier molecular flexibility index (Phi) is 3.47. The highest BCUT2D eigenvalue weighted by Crippen LogP contribution is 2.34. The summed E-state index contributed by atoms with van der Waals surface area (Å²) in [7, 11) is 0. The third kappa shape index (κ3) is 2.87. The van der Waals surface area contributed by atoms with Gasteiger partial charge in [0, 0.05) is 31.6 Å². The van der Waals surface area contributed by atoms with E-state index in [2.05, 4.69) is 0 Å². The first kappa shape index (κ1) is 13.4. The summed E-state index contributed by atoms with van der Waals surface area (Å²) in [4.78, 5) is 12.9. The summed E-state index contributed by atoms with van der Waals surface area (Å²) in [5.74, 6) is 0.156. The maximum atomic E-state index is 12.7. The van der Waals surface area contributed by atoms with Crippen LogP contribution >= 0.6 is 0 Å². The quantitative estimate of drug-likeness (QED) is 0.786. The summed E-state index contributed by atoms with van der Waals surface area (Å²) in [6.07, 6.45) is -3.74. The number of hydrogen-bond donors (Lipinski definition) is 0. The van der Waals surface area contributed by atoms with Crippen molar-refractivity contribution in [1.82, 2.24) is 0 Å². The highest BCUT2D eigenvalue weighted by molar-refractivity contribution is 5.81. The fourth-order valence-corrected chi connectivity index (χ4v) is 2.08. The largest absolute Gasteiger partial charge is 0.417 e. The first-order valence-corrected chi connectivity index (χ1v) is 5.80. The zero-order valence-electron chi connectivity index (χ0n) is 10.00. The van der Waals surface area contributed by atoms with Crippen molar-refractivity contribution < 1.29 is 18.0 Å². The third-order valence-electron chi connectivity index (χ3n) is 3.12. The van der Waals surface area contributed by atoms with Gasteiger partial charge in [0.25, 0.3) is 0 Å². The minimum atomic E-state index is -4.53. The van der Waals surface area contributed by atoms with E-state index >= 15 is 0 Å². The zero-order chi connectivity index (χ0) is 14.0. The molecule has 0 N–H and O–H groups in total. The molecule has 1 fully saturated rings. The monoisotopic (exact) mass is 268 g/mol. The molecule has 0 radical (unpaired) electrons. The molecule has 1 aromatic carbocycles. The average Bonchev–Trinajstić information content (AvgIpc) is 2.38. The summed E-state index contributed by atoms with van der Waals surface area (Å²) < 4.78 is 38.0. The van der Waals surface area contributed by atoms with Crippen molar-refractivity contribution in [2.24, 2.45) is 0 Å². The zero-order valence-corrected chi connectivity index (χ0v) is 10.00. The molecule has 100 valence electrons. The summed E-state index contributed by atoms with van der Waals surface area (Å²) in [5, 5.41) is 8.82. The maximum Gasteiger partial charge on any atom is 0.417 e. The number of halogens is 3. The first-order chi connectivity index (χ1) is 8.91. The van der Waals surface area contributed by atoms with E-state index in [1.54, 1.807) is 6.07 Å². The second-order valence-corrected chi connectivity index (χ2v) is 4.37. The van der Waals surface area contributed by atoms with Crippen molar-refractivity contribution in [1.29, 1.82) is 5.26 Å². The van der Waals surface area contributed by atoms with Crippen molar-refractivity contribution in [3.63, 3.8) is 0 Å². The molecule has 0 aliphatic carbocycles. The third-order valence-corrected chi connectivity index (χ3v) is 3.12. The van der Waals surface area contributed by atoms with Crippen molar-refractivity contribution in [2.75, 3.05) is 18.0 Å². The molecule has 1 heterocycles.